The van der Waals surface area contributed by atoms with Gasteiger partial charge in [0.15, 0.2) is 5.96 Å². The molecule has 2 saturated carbocycles. The molecule has 0 radical (unpaired) electrons. The summed E-state index contributed by atoms with van der Waals surface area (Å²) < 4.78 is 0. The van der Waals surface area contributed by atoms with Gasteiger partial charge in [-0.1, -0.05) is 44.6 Å². The Morgan fingerprint density at radius 1 is 1.15 bits per heavy atom. The molecule has 2 fully saturated rings. The van der Waals surface area contributed by atoms with Crippen LogP contribution in [0.5, 0.6) is 0 Å². The molecule has 5 heteroatoms. The summed E-state index contributed by atoms with van der Waals surface area (Å²) in [5.74, 6) is 1.70. The number of hydrogen-bond donors (Lipinski definition) is 3. The average molecular weight is 377 g/mol. The fourth-order valence-corrected chi connectivity index (χ4v) is 4.58. The summed E-state index contributed by atoms with van der Waals surface area (Å²) in [6.07, 6.45) is 16.2. The predicted molar refractivity (Wildman–Crippen MR) is 113 cm³/mol. The molecule has 2 aliphatic rings. The number of rotatable bonds is 9. The first-order chi connectivity index (χ1) is 13.1. The number of carbonyl (C=O) groups excluding carboxylic acids is 1. The highest BCUT2D eigenvalue weighted by Gasteiger charge is 2.22. The third kappa shape index (κ3) is 8.04. The number of guanidine groups is 1. The fraction of sp³-hybridized carbons (Fsp3) is 0.818. The lowest BCUT2D eigenvalue weighted by Crippen LogP contribution is -2.45. The van der Waals surface area contributed by atoms with Gasteiger partial charge < -0.3 is 10.6 Å². The minimum atomic E-state index is 0.0671. The molecule has 0 aromatic carbocycles. The summed E-state index contributed by atoms with van der Waals surface area (Å²) >= 11 is 0. The number of amides is 1. The molecule has 154 valence electrons. The van der Waals surface area contributed by atoms with Crippen LogP contribution in [0.4, 0.5) is 0 Å². The summed E-state index contributed by atoms with van der Waals surface area (Å²) in [5.41, 5.74) is 0. The van der Waals surface area contributed by atoms with Crippen LogP contribution in [0.25, 0.3) is 0 Å². The summed E-state index contributed by atoms with van der Waals surface area (Å²) in [4.78, 5) is 13.9. The van der Waals surface area contributed by atoms with Gasteiger partial charge in [0.25, 0.3) is 0 Å². The van der Waals surface area contributed by atoms with Gasteiger partial charge in [-0.05, 0) is 43.9 Å². The first-order valence-corrected chi connectivity index (χ1v) is 11.0. The molecule has 0 aliphatic heterocycles. The van der Waals surface area contributed by atoms with E-state index in [-0.39, 0.29) is 11.9 Å². The van der Waals surface area contributed by atoms with Gasteiger partial charge in [0.1, 0.15) is 0 Å². The number of hydrogen-bond acceptors (Lipinski definition) is 3. The Balaban J connectivity index is 1.62. The van der Waals surface area contributed by atoms with E-state index in [1.165, 1.54) is 62.7 Å². The third-order valence-corrected chi connectivity index (χ3v) is 6.33. The molecule has 2 rings (SSSR count). The Morgan fingerprint density at radius 3 is 2.63 bits per heavy atom. The summed E-state index contributed by atoms with van der Waals surface area (Å²) in [7, 11) is 1.73. The van der Waals surface area contributed by atoms with Crippen LogP contribution in [-0.2, 0) is 4.79 Å². The van der Waals surface area contributed by atoms with Crippen LogP contribution in [0.2, 0.25) is 0 Å². The van der Waals surface area contributed by atoms with Crippen LogP contribution < -0.4 is 10.6 Å². The van der Waals surface area contributed by atoms with Crippen molar-refractivity contribution >= 4 is 11.9 Å². The first kappa shape index (κ1) is 21.9. The lowest BCUT2D eigenvalue weighted by Gasteiger charge is -2.30. The molecule has 2 aliphatic carbocycles. The maximum atomic E-state index is 12.4. The van der Waals surface area contributed by atoms with E-state index in [0.717, 1.165) is 31.8 Å². The Morgan fingerprint density at radius 2 is 1.89 bits per heavy atom. The second-order valence-electron chi connectivity index (χ2n) is 8.51. The summed E-state index contributed by atoms with van der Waals surface area (Å²) in [6.45, 7) is 5.41. The standard InChI is InChI=1S/C22H40N4O/c1-3-15-24-20-13-7-12-19(16-20)17-25-22(23)26(2)21(27)14-8-11-18-9-5-4-6-10-18/h3,18-20,24H,1,4-17H2,2H3,(H2,23,25)/t19-,20-/m0/s1. The predicted octanol–water partition coefficient (Wildman–Crippen LogP) is 4.05. The molecular weight excluding hydrogens is 336 g/mol. The smallest absolute Gasteiger partial charge is 0.229 e. The molecule has 3 N–H and O–H groups in total. The van der Waals surface area contributed by atoms with E-state index in [1.807, 2.05) is 6.08 Å². The lowest BCUT2D eigenvalue weighted by atomic mass is 9.85. The van der Waals surface area contributed by atoms with E-state index in [2.05, 4.69) is 17.2 Å². The zero-order valence-corrected chi connectivity index (χ0v) is 17.3. The van der Waals surface area contributed by atoms with Crippen LogP contribution in [0.3, 0.4) is 0 Å². The van der Waals surface area contributed by atoms with E-state index >= 15 is 0 Å². The van der Waals surface area contributed by atoms with Crippen molar-refractivity contribution in [1.82, 2.24) is 15.5 Å². The summed E-state index contributed by atoms with van der Waals surface area (Å²) in [5, 5.41) is 14.9. The maximum absolute atomic E-state index is 12.4. The first-order valence-electron chi connectivity index (χ1n) is 11.0. The van der Waals surface area contributed by atoms with E-state index in [4.69, 9.17) is 5.41 Å². The van der Waals surface area contributed by atoms with Crippen molar-refractivity contribution in [2.24, 2.45) is 11.8 Å². The van der Waals surface area contributed by atoms with Crippen molar-refractivity contribution in [3.63, 3.8) is 0 Å². The number of nitrogens with zero attached hydrogens (tertiary/aromatic N) is 1. The molecule has 0 unspecified atom stereocenters. The Hall–Kier alpha value is -1.36. The van der Waals surface area contributed by atoms with Crippen molar-refractivity contribution in [3.05, 3.63) is 12.7 Å². The third-order valence-electron chi connectivity index (χ3n) is 6.33. The molecule has 1 amide bonds. The van der Waals surface area contributed by atoms with Gasteiger partial charge in [-0.2, -0.15) is 0 Å². The monoisotopic (exact) mass is 376 g/mol. The van der Waals surface area contributed by atoms with Crippen molar-refractivity contribution in [2.75, 3.05) is 20.1 Å². The molecular formula is C22H40N4O. The minimum Gasteiger partial charge on any atom is -0.356 e. The van der Waals surface area contributed by atoms with Crippen LogP contribution in [0.15, 0.2) is 12.7 Å². The van der Waals surface area contributed by atoms with E-state index in [1.54, 1.807) is 7.05 Å². The Labute approximate surface area is 165 Å². The molecule has 0 spiro atoms. The summed E-state index contributed by atoms with van der Waals surface area (Å²) in [6, 6.07) is 0.553. The van der Waals surface area contributed by atoms with Gasteiger partial charge >= 0.3 is 0 Å². The van der Waals surface area contributed by atoms with Gasteiger partial charge in [0, 0.05) is 32.6 Å². The SMILES string of the molecule is C=CCN[C@H]1CCC[C@H](CNC(=N)N(C)C(=O)CCCC2CCCCC2)C1. The van der Waals surface area contributed by atoms with Crippen LogP contribution >= 0.6 is 0 Å². The lowest BCUT2D eigenvalue weighted by molar-refractivity contribution is -0.126. The molecule has 0 heterocycles. The second kappa shape index (κ2) is 12.2. The van der Waals surface area contributed by atoms with Gasteiger partial charge in [-0.25, -0.2) is 0 Å². The molecule has 0 aromatic rings. The van der Waals surface area contributed by atoms with Gasteiger partial charge in [-0.3, -0.25) is 15.1 Å². The van der Waals surface area contributed by atoms with Crippen LogP contribution in [-0.4, -0.2) is 42.9 Å². The molecule has 0 saturated heterocycles. The zero-order chi connectivity index (χ0) is 19.5. The van der Waals surface area contributed by atoms with Crippen molar-refractivity contribution in [1.29, 1.82) is 5.41 Å². The van der Waals surface area contributed by atoms with Crippen molar-refractivity contribution < 1.29 is 4.79 Å². The molecule has 2 atom stereocenters. The minimum absolute atomic E-state index is 0.0671. The Bertz CT molecular complexity index is 473. The molecule has 0 aromatic heterocycles. The largest absolute Gasteiger partial charge is 0.356 e. The normalized spacial score (nSPS) is 23.6. The number of nitrogens with one attached hydrogen (secondary N) is 3. The second-order valence-corrected chi connectivity index (χ2v) is 8.51. The zero-order valence-electron chi connectivity index (χ0n) is 17.3. The van der Waals surface area contributed by atoms with Crippen molar-refractivity contribution in [2.45, 2.75) is 83.1 Å². The average Bonchev–Trinajstić information content (AvgIpc) is 2.71. The van der Waals surface area contributed by atoms with Gasteiger partial charge in [0.05, 0.1) is 0 Å². The van der Waals surface area contributed by atoms with E-state index in [0.29, 0.717) is 18.4 Å². The highest BCUT2D eigenvalue weighted by Crippen LogP contribution is 2.27. The highest BCUT2D eigenvalue weighted by atomic mass is 16.2. The van der Waals surface area contributed by atoms with Crippen LogP contribution in [0.1, 0.15) is 77.0 Å². The number of carbonyl (C=O) groups is 1. The highest BCUT2D eigenvalue weighted by molar-refractivity contribution is 5.95. The van der Waals surface area contributed by atoms with E-state index < -0.39 is 0 Å². The molecule has 5 nitrogen and oxygen atoms in total. The topological polar surface area (TPSA) is 68.2 Å². The maximum Gasteiger partial charge on any atom is 0.229 e. The Kier molecular flexibility index (Phi) is 9.89. The molecule has 27 heavy (non-hydrogen) atoms. The fourth-order valence-electron chi connectivity index (χ4n) is 4.58. The van der Waals surface area contributed by atoms with Crippen molar-refractivity contribution in [3.8, 4) is 0 Å². The molecule has 0 bridgehead atoms. The van der Waals surface area contributed by atoms with E-state index in [9.17, 15) is 4.79 Å². The van der Waals surface area contributed by atoms with Gasteiger partial charge in [0.2, 0.25) is 5.91 Å². The van der Waals surface area contributed by atoms with Gasteiger partial charge in [-0.15, -0.1) is 6.58 Å². The quantitative estimate of drug-likeness (QED) is 0.323. The van der Waals surface area contributed by atoms with Crippen LogP contribution in [0, 0.1) is 17.2 Å².